The molecule has 0 heterocycles. The van der Waals surface area contributed by atoms with E-state index in [1.807, 2.05) is 19.0 Å². The molecule has 0 radical (unpaired) electrons. The van der Waals surface area contributed by atoms with Crippen molar-refractivity contribution in [2.45, 2.75) is 6.42 Å². The van der Waals surface area contributed by atoms with Crippen LogP contribution < -0.4 is 10.2 Å². The number of benzene rings is 1. The van der Waals surface area contributed by atoms with E-state index in [0.717, 1.165) is 5.69 Å². The van der Waals surface area contributed by atoms with E-state index in [1.165, 1.54) is 0 Å². The van der Waals surface area contributed by atoms with Gasteiger partial charge >= 0.3 is 5.97 Å². The summed E-state index contributed by atoms with van der Waals surface area (Å²) < 4.78 is 0. The Morgan fingerprint density at radius 3 is 2.53 bits per heavy atom. The fraction of sp³-hybridized carbons (Fsp3) is 0.273. The molecule has 1 rings (SSSR count). The molecule has 0 saturated heterocycles. The van der Waals surface area contributed by atoms with Gasteiger partial charge < -0.3 is 15.3 Å². The Kier molecular flexibility index (Phi) is 4.34. The number of carboxylic acid groups (broad SMARTS) is 1. The predicted octanol–water partition coefficient (Wildman–Crippen LogP) is 1.82. The number of carbonyl (C=O) groups is 2. The summed E-state index contributed by atoms with van der Waals surface area (Å²) in [7, 11) is 3.70. The van der Waals surface area contributed by atoms with Gasteiger partial charge in [-0.3, -0.25) is 9.59 Å². The van der Waals surface area contributed by atoms with Crippen LogP contribution in [0.15, 0.2) is 18.2 Å². The van der Waals surface area contributed by atoms with Crippen LogP contribution in [0.25, 0.3) is 0 Å². The maximum Gasteiger partial charge on any atom is 0.312 e. The molecule has 92 valence electrons. The molecule has 1 aromatic carbocycles. The number of carboxylic acids is 1. The van der Waals surface area contributed by atoms with Crippen molar-refractivity contribution in [1.29, 1.82) is 0 Å². The van der Waals surface area contributed by atoms with Gasteiger partial charge in [-0.25, -0.2) is 0 Å². The van der Waals surface area contributed by atoms with E-state index in [-0.39, 0.29) is 0 Å². The van der Waals surface area contributed by atoms with Crippen LogP contribution in [0.3, 0.4) is 0 Å². The number of nitrogens with one attached hydrogen (secondary N) is 1. The fourth-order valence-electron chi connectivity index (χ4n) is 1.29. The number of hydrogen-bond donors (Lipinski definition) is 2. The minimum absolute atomic E-state index is 0.479. The van der Waals surface area contributed by atoms with E-state index in [4.69, 9.17) is 16.7 Å². The van der Waals surface area contributed by atoms with Crippen LogP contribution in [-0.2, 0) is 9.59 Å². The van der Waals surface area contributed by atoms with E-state index < -0.39 is 18.3 Å². The zero-order valence-corrected chi connectivity index (χ0v) is 10.3. The first-order valence-electron chi connectivity index (χ1n) is 4.88. The zero-order chi connectivity index (χ0) is 13.0. The van der Waals surface area contributed by atoms with E-state index in [1.54, 1.807) is 18.2 Å². The van der Waals surface area contributed by atoms with Crippen LogP contribution in [-0.4, -0.2) is 31.1 Å². The smallest absolute Gasteiger partial charge is 0.312 e. The van der Waals surface area contributed by atoms with Crippen molar-refractivity contribution in [3.8, 4) is 0 Å². The highest BCUT2D eigenvalue weighted by Gasteiger charge is 2.09. The molecule has 0 saturated carbocycles. The van der Waals surface area contributed by atoms with E-state index in [9.17, 15) is 9.59 Å². The molecule has 0 aliphatic heterocycles. The molecular weight excluding hydrogens is 244 g/mol. The molecule has 0 aliphatic rings. The molecule has 1 amide bonds. The third kappa shape index (κ3) is 3.96. The molecule has 0 aromatic heterocycles. The third-order valence-electron chi connectivity index (χ3n) is 2.03. The van der Waals surface area contributed by atoms with Crippen LogP contribution in [0, 0.1) is 0 Å². The van der Waals surface area contributed by atoms with E-state index >= 15 is 0 Å². The summed E-state index contributed by atoms with van der Waals surface area (Å²) in [6.45, 7) is 0. The standard InChI is InChI=1S/C11H13ClN2O3/c1-14(2)9-4-3-7(5-8(9)12)13-10(15)6-11(16)17/h3-5H,6H2,1-2H3,(H,13,15)(H,16,17). The van der Waals surface area contributed by atoms with Crippen molar-refractivity contribution in [2.24, 2.45) is 0 Å². The minimum atomic E-state index is -1.17. The van der Waals surface area contributed by atoms with Crippen LogP contribution in [0.1, 0.15) is 6.42 Å². The molecule has 0 bridgehead atoms. The Balaban J connectivity index is 2.77. The zero-order valence-electron chi connectivity index (χ0n) is 9.53. The van der Waals surface area contributed by atoms with Crippen LogP contribution in [0.2, 0.25) is 5.02 Å². The second-order valence-corrected chi connectivity index (χ2v) is 4.09. The first-order valence-corrected chi connectivity index (χ1v) is 5.26. The van der Waals surface area contributed by atoms with E-state index in [2.05, 4.69) is 5.32 Å². The van der Waals surface area contributed by atoms with Crippen molar-refractivity contribution >= 4 is 34.9 Å². The molecule has 5 nitrogen and oxygen atoms in total. The second kappa shape index (κ2) is 5.54. The van der Waals surface area contributed by atoms with Crippen molar-refractivity contribution in [1.82, 2.24) is 0 Å². The lowest BCUT2D eigenvalue weighted by Gasteiger charge is -2.15. The number of halogens is 1. The molecule has 1 aromatic rings. The molecular formula is C11H13ClN2O3. The normalized spacial score (nSPS) is 9.82. The van der Waals surface area contributed by atoms with Crippen molar-refractivity contribution in [2.75, 3.05) is 24.3 Å². The maximum absolute atomic E-state index is 11.2. The van der Waals surface area contributed by atoms with Gasteiger partial charge in [-0.1, -0.05) is 11.6 Å². The molecule has 17 heavy (non-hydrogen) atoms. The number of hydrogen-bond acceptors (Lipinski definition) is 3. The Hall–Kier alpha value is -1.75. The minimum Gasteiger partial charge on any atom is -0.481 e. The quantitative estimate of drug-likeness (QED) is 0.807. The molecule has 2 N–H and O–H groups in total. The number of carbonyl (C=O) groups excluding carboxylic acids is 1. The van der Waals surface area contributed by atoms with Gasteiger partial charge in [-0.2, -0.15) is 0 Å². The largest absolute Gasteiger partial charge is 0.481 e. The molecule has 0 unspecified atom stereocenters. The van der Waals surface area contributed by atoms with E-state index in [0.29, 0.717) is 10.7 Å². The lowest BCUT2D eigenvalue weighted by atomic mass is 10.2. The Labute approximate surface area is 104 Å². The third-order valence-corrected chi connectivity index (χ3v) is 2.33. The van der Waals surface area contributed by atoms with Crippen LogP contribution in [0.5, 0.6) is 0 Å². The van der Waals surface area contributed by atoms with Gasteiger partial charge in [-0.05, 0) is 18.2 Å². The fourth-order valence-corrected chi connectivity index (χ4v) is 1.64. The summed E-state index contributed by atoms with van der Waals surface area (Å²) in [5.41, 5.74) is 1.30. The average Bonchev–Trinajstić information content (AvgIpc) is 2.15. The molecule has 0 atom stereocenters. The Bertz CT molecular complexity index is 446. The van der Waals surface area contributed by atoms with Gasteiger partial charge in [0.2, 0.25) is 5.91 Å². The summed E-state index contributed by atoms with van der Waals surface area (Å²) in [5, 5.41) is 11.4. The number of amides is 1. The monoisotopic (exact) mass is 256 g/mol. The van der Waals surface area contributed by atoms with Gasteiger partial charge in [0.05, 0.1) is 10.7 Å². The highest BCUT2D eigenvalue weighted by Crippen LogP contribution is 2.27. The second-order valence-electron chi connectivity index (χ2n) is 3.68. The Morgan fingerprint density at radius 2 is 2.06 bits per heavy atom. The number of anilines is 2. The summed E-state index contributed by atoms with van der Waals surface area (Å²) in [4.78, 5) is 23.4. The summed E-state index contributed by atoms with van der Waals surface area (Å²) in [6.07, 6.45) is -0.562. The first-order chi connectivity index (χ1) is 7.90. The molecule has 0 spiro atoms. The van der Waals surface area contributed by atoms with Gasteiger partial charge in [0.15, 0.2) is 0 Å². The SMILES string of the molecule is CN(C)c1ccc(NC(=O)CC(=O)O)cc1Cl. The van der Waals surface area contributed by atoms with Crippen molar-refractivity contribution in [3.05, 3.63) is 23.2 Å². The highest BCUT2D eigenvalue weighted by molar-refractivity contribution is 6.33. The Morgan fingerprint density at radius 1 is 1.41 bits per heavy atom. The lowest BCUT2D eigenvalue weighted by Crippen LogP contribution is -2.16. The summed E-state index contributed by atoms with van der Waals surface area (Å²) >= 11 is 6.00. The lowest BCUT2D eigenvalue weighted by molar-refractivity contribution is -0.139. The number of nitrogens with zero attached hydrogens (tertiary/aromatic N) is 1. The average molecular weight is 257 g/mol. The molecule has 6 heteroatoms. The first kappa shape index (κ1) is 13.3. The van der Waals surface area contributed by atoms with Gasteiger partial charge in [0.25, 0.3) is 0 Å². The van der Waals surface area contributed by atoms with Crippen molar-refractivity contribution in [3.63, 3.8) is 0 Å². The molecule has 0 fully saturated rings. The molecule has 0 aliphatic carbocycles. The van der Waals surface area contributed by atoms with Crippen molar-refractivity contribution < 1.29 is 14.7 Å². The highest BCUT2D eigenvalue weighted by atomic mass is 35.5. The van der Waals surface area contributed by atoms with Gasteiger partial charge in [0.1, 0.15) is 6.42 Å². The maximum atomic E-state index is 11.2. The topological polar surface area (TPSA) is 69.6 Å². The van der Waals surface area contributed by atoms with Crippen LogP contribution in [0.4, 0.5) is 11.4 Å². The van der Waals surface area contributed by atoms with Gasteiger partial charge in [-0.15, -0.1) is 0 Å². The van der Waals surface area contributed by atoms with Gasteiger partial charge in [0, 0.05) is 19.8 Å². The summed E-state index contributed by atoms with van der Waals surface area (Å²) in [6, 6.07) is 5.00. The summed E-state index contributed by atoms with van der Waals surface area (Å²) in [5.74, 6) is -1.75. The number of rotatable bonds is 4. The predicted molar refractivity (Wildman–Crippen MR) is 66.7 cm³/mol. The van der Waals surface area contributed by atoms with Crippen LogP contribution >= 0.6 is 11.6 Å². The number of aliphatic carboxylic acids is 1.